The van der Waals surface area contributed by atoms with Gasteiger partial charge in [0, 0.05) is 42.4 Å². The summed E-state index contributed by atoms with van der Waals surface area (Å²) in [7, 11) is 6.61. The molecule has 0 aromatic carbocycles. The number of unbranched alkanes of at least 4 members (excludes halogenated alkanes) is 1. The van der Waals surface area contributed by atoms with Crippen LogP contribution in [0.3, 0.4) is 0 Å². The molecule has 4 aliphatic carbocycles. The van der Waals surface area contributed by atoms with Crippen LogP contribution in [0.4, 0.5) is 0 Å². The number of methoxy groups -OCH3 is 1. The molecule has 8 heteroatoms. The molecule has 71 heavy (non-hydrogen) atoms. The normalized spacial score (nSPS) is 18.4. The van der Waals surface area contributed by atoms with Gasteiger partial charge in [0.1, 0.15) is 12.1 Å². The van der Waals surface area contributed by atoms with Crippen molar-refractivity contribution in [2.45, 2.75) is 309 Å². The maximum Gasteiger partial charge on any atom is 0.251 e. The van der Waals surface area contributed by atoms with Crippen LogP contribution < -0.4 is 16.0 Å². The molecule has 4 rings (SSSR count). The molecule has 0 bridgehead atoms. The Bertz CT molecular complexity index is 1290. The third kappa shape index (κ3) is 37.6. The van der Waals surface area contributed by atoms with E-state index in [1.165, 1.54) is 103 Å². The summed E-state index contributed by atoms with van der Waals surface area (Å²) in [6, 6.07) is 0.121. The molecular weight excluding hydrogens is 894 g/mol. The first kappa shape index (κ1) is 73.5. The lowest BCUT2D eigenvalue weighted by molar-refractivity contribution is -0.130. The lowest BCUT2D eigenvalue weighted by atomic mass is 9.59. The van der Waals surface area contributed by atoms with Crippen molar-refractivity contribution >= 4 is 32.1 Å². The van der Waals surface area contributed by atoms with Gasteiger partial charge in [-0.1, -0.05) is 220 Å². The first-order valence-electron chi connectivity index (χ1n) is 30.1. The van der Waals surface area contributed by atoms with Crippen LogP contribution in [0.2, 0.25) is 0 Å². The molecule has 0 spiro atoms. The Labute approximate surface area is 447 Å². The van der Waals surface area contributed by atoms with E-state index >= 15 is 0 Å². The molecule has 422 valence electrons. The minimum absolute atomic E-state index is 0.0450. The third-order valence-corrected chi connectivity index (χ3v) is 14.8. The second-order valence-electron chi connectivity index (χ2n) is 23.8. The van der Waals surface area contributed by atoms with Crippen LogP contribution in [-0.2, 0) is 19.1 Å². The van der Waals surface area contributed by atoms with Crippen LogP contribution in [-0.4, -0.2) is 55.1 Å². The Morgan fingerprint density at radius 2 is 1.23 bits per heavy atom. The van der Waals surface area contributed by atoms with Gasteiger partial charge in [-0.2, -0.15) is 0 Å². The van der Waals surface area contributed by atoms with Gasteiger partial charge in [-0.3, -0.25) is 9.59 Å². The largest absolute Gasteiger partial charge is 0.388 e. The minimum atomic E-state index is -0.333. The maximum absolute atomic E-state index is 13.0. The Morgan fingerprint density at radius 3 is 1.58 bits per heavy atom. The van der Waals surface area contributed by atoms with Gasteiger partial charge in [-0.15, -0.1) is 8.86 Å². The van der Waals surface area contributed by atoms with Crippen molar-refractivity contribution in [1.29, 1.82) is 0 Å². The number of rotatable bonds is 25. The zero-order chi connectivity index (χ0) is 54.8. The molecule has 1 amide bonds. The molecule has 0 radical (unpaired) electrons. The van der Waals surface area contributed by atoms with E-state index in [9.17, 15) is 14.4 Å². The minimum Gasteiger partial charge on any atom is -0.388 e. The SMILES string of the molecule is CC(C)C.CC(C)CC(=P)C(=O)NC1CC1.CC/C=C(\NC(C=O)C1(C(CCCC)C(C)=O)CCCCC1)NC1(C(C)CCCC(C)CC)CCCCC1.CCC.CCC1CC1.CCCC(C)C.COC. The van der Waals surface area contributed by atoms with Gasteiger partial charge in [0.15, 0.2) is 0 Å². The van der Waals surface area contributed by atoms with Gasteiger partial charge < -0.3 is 25.5 Å². The monoisotopic (exact) mass is 1020 g/mol. The van der Waals surface area contributed by atoms with Crippen LogP contribution >= 0.6 is 8.86 Å². The van der Waals surface area contributed by atoms with E-state index < -0.39 is 0 Å². The molecule has 3 N–H and O–H groups in total. The number of nitrogens with one attached hydrogen (secondary N) is 3. The molecule has 4 atom stereocenters. The van der Waals surface area contributed by atoms with E-state index in [1.54, 1.807) is 21.1 Å². The average Bonchev–Trinajstić information content (AvgIpc) is 4.27. The summed E-state index contributed by atoms with van der Waals surface area (Å²) >= 11 is 0. The van der Waals surface area contributed by atoms with Crippen LogP contribution in [0, 0.1) is 46.8 Å². The topological polar surface area (TPSA) is 96.5 Å². The molecule has 0 aromatic rings. The zero-order valence-corrected chi connectivity index (χ0v) is 52.1. The summed E-state index contributed by atoms with van der Waals surface area (Å²) in [6.07, 6.45) is 35.6. The van der Waals surface area contributed by atoms with Crippen molar-refractivity contribution < 1.29 is 19.1 Å². The first-order valence-corrected chi connectivity index (χ1v) is 30.6. The highest BCUT2D eigenvalue weighted by Gasteiger charge is 2.48. The summed E-state index contributed by atoms with van der Waals surface area (Å²) in [4.78, 5) is 37.2. The quantitative estimate of drug-likeness (QED) is 0.0623. The Balaban J connectivity index is -0.00000112. The Hall–Kier alpha value is -1.72. The van der Waals surface area contributed by atoms with Crippen molar-refractivity contribution in [1.82, 2.24) is 16.0 Å². The highest BCUT2D eigenvalue weighted by molar-refractivity contribution is 7.25. The van der Waals surface area contributed by atoms with E-state index in [-0.39, 0.29) is 34.6 Å². The van der Waals surface area contributed by atoms with Crippen LogP contribution in [0.25, 0.3) is 0 Å². The number of carbonyl (C=O) groups is 3. The van der Waals surface area contributed by atoms with Gasteiger partial charge in [0.05, 0.1) is 11.9 Å². The number of hydrogen-bond acceptors (Lipinski definition) is 6. The fourth-order valence-electron chi connectivity index (χ4n) is 9.77. The molecule has 0 aliphatic heterocycles. The second kappa shape index (κ2) is 45.7. The Kier molecular flexibility index (Phi) is 47.3. The highest BCUT2D eigenvalue weighted by atomic mass is 31.0. The van der Waals surface area contributed by atoms with Crippen LogP contribution in [0.1, 0.15) is 291 Å². The van der Waals surface area contributed by atoms with E-state index in [4.69, 9.17) is 0 Å². The average molecular weight is 1020 g/mol. The standard InChI is InChI=1S/C34H62N2O2.C9H16NOP.C6H14.C5H10.C4H10.C3H8.C2H6O/c1-7-10-21-30(29(6)38)33(22-13-11-14-23-33)31(26-37)35-32(18-8-2)36-34(24-15-12-16-25-34)28(5)20-17-19-27(4)9-3;1-6(2)5-8(12)9(11)10-7-3-4-7;1-4-5-6(2)3;1-2-5-3-4-5;1-4(2)3;2*1-3-2/h18,26-28,30-31,35-36H,7-17,19-25H2,1-6H3;6-7,12H,3-5H2,1-2H3,(H,10,11);6H,4-5H2,1-3H3;5H,2-4H2,1H3;4H,1-3H3;3H2,1-2H3;1-2H3/b32-18+;;;;;;. The fourth-order valence-corrected chi connectivity index (χ4v) is 10.3. The predicted octanol–water partition coefficient (Wildman–Crippen LogP) is 18.1. The van der Waals surface area contributed by atoms with Gasteiger partial charge in [0.25, 0.3) is 5.91 Å². The summed E-state index contributed by atoms with van der Waals surface area (Å²) in [5, 5.41) is 11.5. The fraction of sp³-hybridized carbons (Fsp3) is 0.905. The summed E-state index contributed by atoms with van der Waals surface area (Å²) < 4.78 is 4.25. The van der Waals surface area contributed by atoms with Crippen molar-refractivity contribution in [2.24, 2.45) is 46.8 Å². The number of amides is 1. The van der Waals surface area contributed by atoms with E-state index in [1.807, 2.05) is 0 Å². The molecule has 4 aliphatic rings. The first-order chi connectivity index (χ1) is 33.6. The summed E-state index contributed by atoms with van der Waals surface area (Å²) in [5.41, 5.74) is -0.200. The van der Waals surface area contributed by atoms with Gasteiger partial charge in [-0.05, 0) is 113 Å². The Morgan fingerprint density at radius 1 is 0.704 bits per heavy atom. The number of aldehydes is 1. The molecule has 4 unspecified atom stereocenters. The molecule has 4 saturated carbocycles. The number of hydrogen-bond donors (Lipinski definition) is 3. The lowest BCUT2D eigenvalue weighted by Crippen LogP contribution is -2.58. The van der Waals surface area contributed by atoms with Crippen molar-refractivity contribution in [2.75, 3.05) is 14.2 Å². The highest BCUT2D eigenvalue weighted by Crippen LogP contribution is 2.48. The smallest absolute Gasteiger partial charge is 0.251 e. The van der Waals surface area contributed by atoms with Gasteiger partial charge in [-0.25, -0.2) is 0 Å². The molecule has 4 fully saturated rings. The predicted molar refractivity (Wildman–Crippen MR) is 318 cm³/mol. The van der Waals surface area contributed by atoms with E-state index in [2.05, 4.69) is 146 Å². The molecule has 0 saturated heterocycles. The summed E-state index contributed by atoms with van der Waals surface area (Å²) in [5.74, 6) is 6.11. The van der Waals surface area contributed by atoms with Crippen LogP contribution in [0.5, 0.6) is 0 Å². The molecule has 0 heterocycles. The molecule has 7 nitrogen and oxygen atoms in total. The number of Topliss-reactive ketones (excluding diaryl/α,β-unsaturated/α-hetero) is 1. The van der Waals surface area contributed by atoms with Crippen molar-refractivity contribution in [3.63, 3.8) is 0 Å². The third-order valence-electron chi connectivity index (χ3n) is 14.3. The number of carbonyl (C=O) groups excluding carboxylic acids is 3. The summed E-state index contributed by atoms with van der Waals surface area (Å²) in [6.45, 7) is 37.2. The van der Waals surface area contributed by atoms with E-state index in [0.29, 0.717) is 17.9 Å². The number of allylic oxidation sites excluding steroid dienone is 1. The number of ketones is 1. The lowest BCUT2D eigenvalue weighted by Gasteiger charge is -2.49. The van der Waals surface area contributed by atoms with Gasteiger partial charge in [0.2, 0.25) is 0 Å². The van der Waals surface area contributed by atoms with Crippen molar-refractivity contribution in [3.05, 3.63) is 11.9 Å². The maximum atomic E-state index is 13.0. The number of ether oxygens (including phenoxy) is 1. The van der Waals surface area contributed by atoms with E-state index in [0.717, 1.165) is 112 Å². The second-order valence-corrected chi connectivity index (χ2v) is 24.4. The zero-order valence-electron chi connectivity index (χ0n) is 51.1. The molecule has 0 aromatic heterocycles. The van der Waals surface area contributed by atoms with Crippen LogP contribution in [0.15, 0.2) is 11.9 Å². The van der Waals surface area contributed by atoms with Gasteiger partial charge >= 0.3 is 0 Å². The molecular formula is C63H126N3O4P. The van der Waals surface area contributed by atoms with Crippen molar-refractivity contribution in [3.8, 4) is 0 Å².